The number of piperidine rings is 2. The number of benzene rings is 1. The van der Waals surface area contributed by atoms with E-state index in [0.29, 0.717) is 17.5 Å². The molecule has 1 amide bonds. The van der Waals surface area contributed by atoms with Gasteiger partial charge in [-0.1, -0.05) is 12.1 Å². The van der Waals surface area contributed by atoms with Gasteiger partial charge in [-0.2, -0.15) is 0 Å². The SMILES string of the molecule is O=C(c1ccncc1)N1CC[C@@H]2[C@H](CCCN2Cc2cccc(F)c2)C1. The summed E-state index contributed by atoms with van der Waals surface area (Å²) in [4.78, 5) is 21.2. The van der Waals surface area contributed by atoms with E-state index in [2.05, 4.69) is 9.88 Å². The van der Waals surface area contributed by atoms with Crippen molar-refractivity contribution in [1.82, 2.24) is 14.8 Å². The van der Waals surface area contributed by atoms with Gasteiger partial charge in [0.25, 0.3) is 5.91 Å². The minimum absolute atomic E-state index is 0.105. The zero-order valence-corrected chi connectivity index (χ0v) is 14.9. The Balaban J connectivity index is 1.43. The van der Waals surface area contributed by atoms with Crippen LogP contribution in [0.5, 0.6) is 0 Å². The molecule has 0 N–H and O–H groups in total. The van der Waals surface area contributed by atoms with Crippen molar-refractivity contribution in [2.24, 2.45) is 5.92 Å². The van der Waals surface area contributed by atoms with E-state index < -0.39 is 0 Å². The lowest BCUT2D eigenvalue weighted by Gasteiger charge is -2.47. The molecule has 2 aromatic rings. The maximum Gasteiger partial charge on any atom is 0.253 e. The van der Waals surface area contributed by atoms with Crippen LogP contribution in [0.15, 0.2) is 48.8 Å². The van der Waals surface area contributed by atoms with Crippen LogP contribution in [0.25, 0.3) is 0 Å². The van der Waals surface area contributed by atoms with Crippen molar-refractivity contribution in [3.63, 3.8) is 0 Å². The molecule has 0 radical (unpaired) electrons. The van der Waals surface area contributed by atoms with Gasteiger partial charge in [-0.25, -0.2) is 4.39 Å². The zero-order chi connectivity index (χ0) is 17.9. The zero-order valence-electron chi connectivity index (χ0n) is 14.9. The number of nitrogens with zero attached hydrogens (tertiary/aromatic N) is 3. The van der Waals surface area contributed by atoms with Gasteiger partial charge in [-0.15, -0.1) is 0 Å². The van der Waals surface area contributed by atoms with Crippen LogP contribution in [0.2, 0.25) is 0 Å². The molecule has 26 heavy (non-hydrogen) atoms. The average molecular weight is 353 g/mol. The second-order valence-corrected chi connectivity index (χ2v) is 7.35. The highest BCUT2D eigenvalue weighted by atomic mass is 19.1. The molecule has 2 aliphatic heterocycles. The Bertz CT molecular complexity index is 767. The highest BCUT2D eigenvalue weighted by molar-refractivity contribution is 5.94. The number of carbonyl (C=O) groups excluding carboxylic acids is 1. The van der Waals surface area contributed by atoms with Crippen molar-refractivity contribution in [3.8, 4) is 0 Å². The van der Waals surface area contributed by atoms with Crippen LogP contribution in [-0.4, -0.2) is 46.4 Å². The van der Waals surface area contributed by atoms with E-state index in [9.17, 15) is 9.18 Å². The van der Waals surface area contributed by atoms with Crippen LogP contribution in [0.1, 0.15) is 35.2 Å². The van der Waals surface area contributed by atoms with Gasteiger partial charge in [0, 0.05) is 43.6 Å². The minimum Gasteiger partial charge on any atom is -0.338 e. The number of hydrogen-bond donors (Lipinski definition) is 0. The Kier molecular flexibility index (Phi) is 4.98. The lowest BCUT2D eigenvalue weighted by Crippen LogP contribution is -2.54. The molecule has 4 nitrogen and oxygen atoms in total. The Morgan fingerprint density at radius 2 is 2.00 bits per heavy atom. The molecular formula is C21H24FN3O. The fraction of sp³-hybridized carbons (Fsp3) is 0.429. The average Bonchev–Trinajstić information content (AvgIpc) is 2.68. The molecule has 1 aromatic carbocycles. The van der Waals surface area contributed by atoms with Crippen LogP contribution < -0.4 is 0 Å². The summed E-state index contributed by atoms with van der Waals surface area (Å²) in [5, 5.41) is 0. The minimum atomic E-state index is -0.172. The Morgan fingerprint density at radius 3 is 2.81 bits per heavy atom. The highest BCUT2D eigenvalue weighted by Crippen LogP contribution is 2.32. The molecule has 4 rings (SSSR count). The third-order valence-electron chi connectivity index (χ3n) is 5.67. The number of aromatic nitrogens is 1. The quantitative estimate of drug-likeness (QED) is 0.849. The number of hydrogen-bond acceptors (Lipinski definition) is 3. The first-order chi connectivity index (χ1) is 12.7. The molecule has 0 unspecified atom stereocenters. The Morgan fingerprint density at radius 1 is 1.15 bits per heavy atom. The van der Waals surface area contributed by atoms with Gasteiger partial charge in [0.2, 0.25) is 0 Å². The molecule has 0 saturated carbocycles. The third-order valence-corrected chi connectivity index (χ3v) is 5.67. The lowest BCUT2D eigenvalue weighted by molar-refractivity contribution is 0.0174. The Hall–Kier alpha value is -2.27. The normalized spacial score (nSPS) is 23.5. The van der Waals surface area contributed by atoms with Crippen molar-refractivity contribution in [2.45, 2.75) is 31.8 Å². The molecule has 1 aromatic heterocycles. The first kappa shape index (κ1) is 17.2. The van der Waals surface area contributed by atoms with Gasteiger partial charge >= 0.3 is 0 Å². The number of pyridine rings is 1. The monoisotopic (exact) mass is 353 g/mol. The van der Waals surface area contributed by atoms with E-state index in [1.54, 1.807) is 36.7 Å². The van der Waals surface area contributed by atoms with Crippen LogP contribution in [0.3, 0.4) is 0 Å². The van der Waals surface area contributed by atoms with E-state index in [1.165, 1.54) is 6.07 Å². The predicted octanol–water partition coefficient (Wildman–Crippen LogP) is 3.35. The summed E-state index contributed by atoms with van der Waals surface area (Å²) in [7, 11) is 0. The van der Waals surface area contributed by atoms with Crippen molar-refractivity contribution < 1.29 is 9.18 Å². The van der Waals surface area contributed by atoms with E-state index in [-0.39, 0.29) is 11.7 Å². The van der Waals surface area contributed by atoms with E-state index in [1.807, 2.05) is 11.0 Å². The molecule has 0 bridgehead atoms. The first-order valence-electron chi connectivity index (χ1n) is 9.38. The van der Waals surface area contributed by atoms with Crippen LogP contribution in [0.4, 0.5) is 4.39 Å². The predicted molar refractivity (Wildman–Crippen MR) is 98.1 cm³/mol. The highest BCUT2D eigenvalue weighted by Gasteiger charge is 2.37. The number of amides is 1. The maximum atomic E-state index is 13.5. The lowest BCUT2D eigenvalue weighted by atomic mass is 9.83. The summed E-state index contributed by atoms with van der Waals surface area (Å²) >= 11 is 0. The topological polar surface area (TPSA) is 36.4 Å². The van der Waals surface area contributed by atoms with Crippen molar-refractivity contribution in [1.29, 1.82) is 0 Å². The van der Waals surface area contributed by atoms with Gasteiger partial charge < -0.3 is 4.90 Å². The van der Waals surface area contributed by atoms with Crippen molar-refractivity contribution >= 4 is 5.91 Å². The van der Waals surface area contributed by atoms with E-state index >= 15 is 0 Å². The van der Waals surface area contributed by atoms with Gasteiger partial charge in [-0.05, 0) is 61.6 Å². The largest absolute Gasteiger partial charge is 0.338 e. The summed E-state index contributed by atoms with van der Waals surface area (Å²) in [6.45, 7) is 3.43. The molecule has 0 spiro atoms. The molecule has 2 saturated heterocycles. The molecule has 2 fully saturated rings. The maximum absolute atomic E-state index is 13.5. The number of fused-ring (bicyclic) bond motifs is 1. The second-order valence-electron chi connectivity index (χ2n) is 7.35. The van der Waals surface area contributed by atoms with E-state index in [0.717, 1.165) is 51.0 Å². The molecule has 3 heterocycles. The Labute approximate surface area is 153 Å². The van der Waals surface area contributed by atoms with Gasteiger partial charge in [-0.3, -0.25) is 14.7 Å². The number of rotatable bonds is 3. The fourth-order valence-corrected chi connectivity index (χ4v) is 4.43. The summed E-state index contributed by atoms with van der Waals surface area (Å²) in [5.74, 6) is 0.429. The molecule has 2 atom stereocenters. The standard InChI is InChI=1S/C21H24FN3O/c22-19-5-1-3-16(13-19)14-24-11-2-4-18-15-25(12-8-20(18)24)21(26)17-6-9-23-10-7-17/h1,3,5-7,9-10,13,18,20H,2,4,8,11-12,14-15H2/t18-,20-/m1/s1. The summed E-state index contributed by atoms with van der Waals surface area (Å²) in [6, 6.07) is 10.9. The smallest absolute Gasteiger partial charge is 0.253 e. The molecule has 2 aliphatic rings. The van der Waals surface area contributed by atoms with Crippen LogP contribution >= 0.6 is 0 Å². The summed E-state index contributed by atoms with van der Waals surface area (Å²) < 4.78 is 13.5. The van der Waals surface area contributed by atoms with Gasteiger partial charge in [0.15, 0.2) is 0 Å². The first-order valence-corrected chi connectivity index (χ1v) is 9.38. The van der Waals surface area contributed by atoms with Gasteiger partial charge in [0.1, 0.15) is 5.82 Å². The summed E-state index contributed by atoms with van der Waals surface area (Å²) in [6.07, 6.45) is 6.61. The summed E-state index contributed by atoms with van der Waals surface area (Å²) in [5.41, 5.74) is 1.74. The van der Waals surface area contributed by atoms with Gasteiger partial charge in [0.05, 0.1) is 0 Å². The van der Waals surface area contributed by atoms with Crippen molar-refractivity contribution in [2.75, 3.05) is 19.6 Å². The second kappa shape index (κ2) is 7.54. The number of halogens is 1. The van der Waals surface area contributed by atoms with Crippen LogP contribution in [0, 0.1) is 11.7 Å². The van der Waals surface area contributed by atoms with Crippen molar-refractivity contribution in [3.05, 3.63) is 65.7 Å². The third kappa shape index (κ3) is 3.63. The molecule has 0 aliphatic carbocycles. The molecular weight excluding hydrogens is 329 g/mol. The van der Waals surface area contributed by atoms with Crippen LogP contribution in [-0.2, 0) is 6.54 Å². The fourth-order valence-electron chi connectivity index (χ4n) is 4.43. The number of carbonyl (C=O) groups is 1. The number of likely N-dealkylation sites (tertiary alicyclic amines) is 2. The van der Waals surface area contributed by atoms with E-state index in [4.69, 9.17) is 0 Å². The molecule has 5 heteroatoms. The molecule has 136 valence electrons.